The summed E-state index contributed by atoms with van der Waals surface area (Å²) in [5.74, 6) is -2.14. The van der Waals surface area contributed by atoms with Gasteiger partial charge in [0.05, 0.1) is 34.9 Å². The van der Waals surface area contributed by atoms with E-state index in [-0.39, 0.29) is 33.9 Å². The highest BCUT2D eigenvalue weighted by atomic mass is 32.1. The number of anilines is 1. The normalized spacial score (nSPS) is 19.8. The number of methoxy groups -OCH3 is 1. The Morgan fingerprint density at radius 1 is 1.13 bits per heavy atom. The van der Waals surface area contributed by atoms with Crippen LogP contribution in [-0.2, 0) is 20.7 Å². The maximum absolute atomic E-state index is 13.4. The zero-order valence-corrected chi connectivity index (χ0v) is 21.9. The monoisotopic (exact) mass is 532 g/mol. The van der Waals surface area contributed by atoms with Gasteiger partial charge < -0.3 is 14.6 Å². The maximum atomic E-state index is 13.4. The number of amides is 1. The lowest BCUT2D eigenvalue weighted by Gasteiger charge is -2.23. The first-order valence-electron chi connectivity index (χ1n) is 11.9. The number of carbonyl (C=O) groups is 4. The fraction of sp³-hybridized carbons (Fsp3) is 0.250. The van der Waals surface area contributed by atoms with Crippen molar-refractivity contribution in [3.8, 4) is 5.75 Å². The fourth-order valence-corrected chi connectivity index (χ4v) is 5.79. The van der Waals surface area contributed by atoms with E-state index >= 15 is 0 Å². The van der Waals surface area contributed by atoms with Crippen molar-refractivity contribution in [3.05, 3.63) is 80.9 Å². The van der Waals surface area contributed by atoms with Crippen LogP contribution in [0, 0.1) is 6.92 Å². The average molecular weight is 533 g/mol. The molecular weight excluding hydrogens is 508 g/mol. The third-order valence-electron chi connectivity index (χ3n) is 6.57. The molecule has 1 N–H and O–H groups in total. The molecule has 1 amide bonds. The lowest BCUT2D eigenvalue weighted by Crippen LogP contribution is -2.29. The van der Waals surface area contributed by atoms with Crippen LogP contribution in [-0.4, -0.2) is 46.7 Å². The maximum Gasteiger partial charge on any atom is 0.337 e. The van der Waals surface area contributed by atoms with Gasteiger partial charge in [0.25, 0.3) is 5.78 Å². The molecule has 9 nitrogen and oxygen atoms in total. The Hall–Kier alpha value is -4.31. The number of aromatic nitrogens is 1. The molecule has 38 heavy (non-hydrogen) atoms. The van der Waals surface area contributed by atoms with Crippen molar-refractivity contribution in [2.24, 2.45) is 0 Å². The van der Waals surface area contributed by atoms with Crippen molar-refractivity contribution in [2.75, 3.05) is 12.0 Å². The second-order valence-electron chi connectivity index (χ2n) is 9.20. The lowest BCUT2D eigenvalue weighted by molar-refractivity contribution is -0.132. The number of benzene rings is 2. The molecule has 1 saturated heterocycles. The largest absolute Gasteiger partial charge is 0.507 e. The highest BCUT2D eigenvalue weighted by Crippen LogP contribution is 2.44. The van der Waals surface area contributed by atoms with E-state index in [4.69, 9.17) is 9.47 Å². The van der Waals surface area contributed by atoms with Crippen LogP contribution < -0.4 is 9.64 Å². The van der Waals surface area contributed by atoms with Crippen molar-refractivity contribution < 1.29 is 33.8 Å². The molecule has 2 aliphatic heterocycles. The van der Waals surface area contributed by atoms with Crippen LogP contribution in [0.15, 0.2) is 48.0 Å². The van der Waals surface area contributed by atoms with Crippen molar-refractivity contribution in [3.63, 3.8) is 0 Å². The fourth-order valence-electron chi connectivity index (χ4n) is 4.80. The lowest BCUT2D eigenvalue weighted by atomic mass is 9.94. The van der Waals surface area contributed by atoms with Gasteiger partial charge in [-0.25, -0.2) is 9.78 Å². The summed E-state index contributed by atoms with van der Waals surface area (Å²) in [6, 6.07) is 10.3. The summed E-state index contributed by atoms with van der Waals surface area (Å²) >= 11 is 1.00. The third kappa shape index (κ3) is 4.16. The average Bonchev–Trinajstić information content (AvgIpc) is 3.55. The molecule has 0 bridgehead atoms. The van der Waals surface area contributed by atoms with Gasteiger partial charge in [-0.15, -0.1) is 0 Å². The summed E-state index contributed by atoms with van der Waals surface area (Å²) in [7, 11) is 1.27. The van der Waals surface area contributed by atoms with E-state index in [9.17, 15) is 24.3 Å². The highest BCUT2D eigenvalue weighted by Gasteiger charge is 2.48. The van der Waals surface area contributed by atoms with Gasteiger partial charge in [-0.2, -0.15) is 0 Å². The summed E-state index contributed by atoms with van der Waals surface area (Å²) in [5.41, 5.74) is 2.32. The number of thiazole rings is 1. The predicted octanol–water partition coefficient (Wildman–Crippen LogP) is 4.39. The number of rotatable bonds is 5. The SMILES string of the molecule is COC(=O)c1ccc([C@@H]2C(=C(O)c3ccc4c(c3)C[C@H](C)O4)C(=O)C(=O)N2c2nc(C)c(C(C)=O)s2)cc1. The van der Waals surface area contributed by atoms with Gasteiger partial charge in [0.2, 0.25) is 0 Å². The number of Topliss-reactive ketones (excluding diaryl/α,β-unsaturated/α-hetero) is 2. The van der Waals surface area contributed by atoms with Gasteiger partial charge in [-0.1, -0.05) is 23.5 Å². The topological polar surface area (TPSA) is 123 Å². The minimum absolute atomic E-state index is 0.00934. The number of ether oxygens (including phenoxy) is 2. The molecule has 2 aromatic carbocycles. The van der Waals surface area contributed by atoms with E-state index < -0.39 is 23.7 Å². The van der Waals surface area contributed by atoms with Crippen LogP contribution in [0.25, 0.3) is 5.76 Å². The molecule has 1 fully saturated rings. The van der Waals surface area contributed by atoms with E-state index in [1.165, 1.54) is 31.1 Å². The van der Waals surface area contributed by atoms with Gasteiger partial charge in [-0.3, -0.25) is 19.3 Å². The van der Waals surface area contributed by atoms with Gasteiger partial charge in [0.15, 0.2) is 10.9 Å². The van der Waals surface area contributed by atoms with E-state index in [1.54, 1.807) is 37.3 Å². The minimum Gasteiger partial charge on any atom is -0.507 e. The first kappa shape index (κ1) is 25.3. The van der Waals surface area contributed by atoms with Crippen LogP contribution in [0.2, 0.25) is 0 Å². The number of carbonyl (C=O) groups excluding carboxylic acids is 4. The minimum atomic E-state index is -1.05. The van der Waals surface area contributed by atoms with Gasteiger partial charge in [-0.05, 0) is 55.3 Å². The zero-order valence-electron chi connectivity index (χ0n) is 21.1. The molecule has 0 radical (unpaired) electrons. The summed E-state index contributed by atoms with van der Waals surface area (Å²) in [4.78, 5) is 56.9. The predicted molar refractivity (Wildman–Crippen MR) is 140 cm³/mol. The Kier molecular flexibility index (Phi) is 6.36. The number of esters is 1. The summed E-state index contributed by atoms with van der Waals surface area (Å²) < 4.78 is 10.5. The quantitative estimate of drug-likeness (QED) is 0.169. The van der Waals surface area contributed by atoms with Crippen molar-refractivity contribution >= 4 is 45.7 Å². The standard InChI is InChI=1S/C28H24N2O7S/c1-13-11-19-12-18(9-10-20(19)37-13)23(32)21-22(16-5-7-17(8-6-16)27(35)36-4)30(26(34)24(21)33)28-29-14(2)25(38-28)15(3)31/h5-10,12-13,22,32H,11H2,1-4H3/t13-,22+/m0/s1. The molecule has 0 saturated carbocycles. The molecule has 10 heteroatoms. The number of aliphatic hydroxyl groups is 1. The Morgan fingerprint density at radius 3 is 2.45 bits per heavy atom. The smallest absolute Gasteiger partial charge is 0.337 e. The number of hydrogen-bond acceptors (Lipinski definition) is 9. The first-order valence-corrected chi connectivity index (χ1v) is 12.7. The number of hydrogen-bond donors (Lipinski definition) is 1. The Bertz CT molecular complexity index is 1540. The molecule has 3 aromatic rings. The first-order chi connectivity index (χ1) is 18.1. The molecule has 5 rings (SSSR count). The highest BCUT2D eigenvalue weighted by molar-refractivity contribution is 7.18. The van der Waals surface area contributed by atoms with E-state index in [1.807, 2.05) is 6.92 Å². The molecular formula is C28H24N2O7S. The molecule has 1 aromatic heterocycles. The molecule has 0 unspecified atom stereocenters. The van der Waals surface area contributed by atoms with Crippen LogP contribution in [0.4, 0.5) is 5.13 Å². The van der Waals surface area contributed by atoms with E-state index in [2.05, 4.69) is 4.98 Å². The number of nitrogens with zero attached hydrogens (tertiary/aromatic N) is 2. The second-order valence-corrected chi connectivity index (χ2v) is 10.2. The number of aliphatic hydroxyl groups excluding tert-OH is 1. The van der Waals surface area contributed by atoms with Crippen LogP contribution >= 0.6 is 11.3 Å². The van der Waals surface area contributed by atoms with Gasteiger partial charge >= 0.3 is 11.9 Å². The van der Waals surface area contributed by atoms with Crippen LogP contribution in [0.5, 0.6) is 5.75 Å². The number of fused-ring (bicyclic) bond motifs is 1. The van der Waals surface area contributed by atoms with Gasteiger partial charge in [0, 0.05) is 18.9 Å². The summed E-state index contributed by atoms with van der Waals surface area (Å²) in [5, 5.41) is 11.6. The number of aryl methyl sites for hydroxylation is 1. The molecule has 0 spiro atoms. The van der Waals surface area contributed by atoms with E-state index in [0.717, 1.165) is 16.9 Å². The summed E-state index contributed by atoms with van der Waals surface area (Å²) in [6.45, 7) is 5.00. The van der Waals surface area contributed by atoms with E-state index in [0.29, 0.717) is 33.9 Å². The molecule has 2 aliphatic rings. The molecule has 2 atom stereocenters. The summed E-state index contributed by atoms with van der Waals surface area (Å²) in [6.07, 6.45) is 0.639. The Labute approximate surface area is 222 Å². The Morgan fingerprint density at radius 2 is 1.82 bits per heavy atom. The molecule has 0 aliphatic carbocycles. The van der Waals surface area contributed by atoms with Gasteiger partial charge in [0.1, 0.15) is 17.6 Å². The Balaban J connectivity index is 1.68. The van der Waals surface area contributed by atoms with Crippen LogP contribution in [0.3, 0.4) is 0 Å². The van der Waals surface area contributed by atoms with Crippen molar-refractivity contribution in [1.82, 2.24) is 4.98 Å². The third-order valence-corrected chi connectivity index (χ3v) is 7.83. The zero-order chi connectivity index (χ0) is 27.3. The molecule has 194 valence electrons. The molecule has 3 heterocycles. The second kappa shape index (κ2) is 9.53. The number of ketones is 2. The van der Waals surface area contributed by atoms with Crippen molar-refractivity contribution in [2.45, 2.75) is 39.3 Å². The van der Waals surface area contributed by atoms with Crippen LogP contribution in [0.1, 0.15) is 62.3 Å². The van der Waals surface area contributed by atoms with Crippen molar-refractivity contribution in [1.29, 1.82) is 0 Å².